The number of benzene rings is 1. The van der Waals surface area contributed by atoms with Crippen LogP contribution in [0.5, 0.6) is 11.5 Å². The van der Waals surface area contributed by atoms with E-state index in [-0.39, 0.29) is 19.2 Å². The number of ether oxygens (including phenoxy) is 3. The van der Waals surface area contributed by atoms with Gasteiger partial charge in [-0.05, 0) is 17.7 Å². The molecule has 4 heteroatoms. The molecule has 0 saturated carbocycles. The zero-order chi connectivity index (χ0) is 9.97. The van der Waals surface area contributed by atoms with Crippen LogP contribution in [0.3, 0.4) is 0 Å². The van der Waals surface area contributed by atoms with E-state index < -0.39 is 0 Å². The van der Waals surface area contributed by atoms with Gasteiger partial charge in [-0.15, -0.1) is 0 Å². The van der Waals surface area contributed by atoms with E-state index in [0.717, 1.165) is 11.3 Å². The Balaban J connectivity index is 2.16. The third-order valence-corrected chi connectivity index (χ3v) is 2.01. The second kappa shape index (κ2) is 3.57. The van der Waals surface area contributed by atoms with Gasteiger partial charge in [0.2, 0.25) is 6.79 Å². The molecule has 2 rings (SSSR count). The van der Waals surface area contributed by atoms with Crippen molar-refractivity contribution in [2.75, 3.05) is 13.9 Å². The molecule has 0 radical (unpaired) electrons. The maximum atomic E-state index is 11.0. The van der Waals surface area contributed by atoms with Crippen LogP contribution < -0.4 is 9.47 Å². The van der Waals surface area contributed by atoms with Crippen LogP contribution in [0, 0.1) is 0 Å². The first-order chi connectivity index (χ1) is 6.79. The highest BCUT2D eigenvalue weighted by molar-refractivity contribution is 5.72. The maximum Gasteiger partial charge on any atom is 0.309 e. The molecule has 0 N–H and O–H groups in total. The highest BCUT2D eigenvalue weighted by atomic mass is 16.7. The van der Waals surface area contributed by atoms with Crippen molar-refractivity contribution in [3.05, 3.63) is 23.8 Å². The first-order valence-electron chi connectivity index (χ1n) is 4.25. The number of methoxy groups -OCH3 is 1. The Morgan fingerprint density at radius 3 is 3.00 bits per heavy atom. The monoisotopic (exact) mass is 194 g/mol. The summed E-state index contributed by atoms with van der Waals surface area (Å²) < 4.78 is 14.9. The van der Waals surface area contributed by atoms with Gasteiger partial charge in [0, 0.05) is 0 Å². The molecule has 0 fully saturated rings. The number of esters is 1. The van der Waals surface area contributed by atoms with Gasteiger partial charge < -0.3 is 14.2 Å². The Kier molecular flexibility index (Phi) is 2.26. The SMILES string of the molecule is COC(=O)Cc1ccc2c(c1)OCO2. The van der Waals surface area contributed by atoms with Crippen molar-refractivity contribution in [3.63, 3.8) is 0 Å². The lowest BCUT2D eigenvalue weighted by Crippen LogP contribution is -2.04. The highest BCUT2D eigenvalue weighted by Gasteiger charge is 2.14. The minimum atomic E-state index is -0.260. The largest absolute Gasteiger partial charge is 0.469 e. The molecule has 0 aliphatic carbocycles. The molecule has 0 bridgehead atoms. The molecular formula is C10H10O4. The van der Waals surface area contributed by atoms with Crippen molar-refractivity contribution < 1.29 is 19.0 Å². The van der Waals surface area contributed by atoms with Gasteiger partial charge in [-0.2, -0.15) is 0 Å². The van der Waals surface area contributed by atoms with Gasteiger partial charge in [0.15, 0.2) is 11.5 Å². The minimum absolute atomic E-state index is 0.247. The fourth-order valence-corrected chi connectivity index (χ4v) is 1.29. The van der Waals surface area contributed by atoms with Crippen LogP contribution in [-0.2, 0) is 16.0 Å². The van der Waals surface area contributed by atoms with E-state index in [9.17, 15) is 4.79 Å². The molecule has 0 amide bonds. The number of carbonyl (C=O) groups is 1. The summed E-state index contributed by atoms with van der Waals surface area (Å²) in [5.41, 5.74) is 0.862. The molecule has 14 heavy (non-hydrogen) atoms. The molecule has 0 atom stereocenters. The van der Waals surface area contributed by atoms with Gasteiger partial charge in [0.05, 0.1) is 13.5 Å². The lowest BCUT2D eigenvalue weighted by molar-refractivity contribution is -0.139. The number of fused-ring (bicyclic) bond motifs is 1. The van der Waals surface area contributed by atoms with Crippen LogP contribution >= 0.6 is 0 Å². The molecule has 1 heterocycles. The van der Waals surface area contributed by atoms with Crippen molar-refractivity contribution in [1.29, 1.82) is 0 Å². The quantitative estimate of drug-likeness (QED) is 0.662. The fourth-order valence-electron chi connectivity index (χ4n) is 1.29. The third-order valence-electron chi connectivity index (χ3n) is 2.01. The van der Waals surface area contributed by atoms with Crippen molar-refractivity contribution >= 4 is 5.97 Å². The fraction of sp³-hybridized carbons (Fsp3) is 0.300. The Labute approximate surface area is 81.4 Å². The first-order valence-corrected chi connectivity index (χ1v) is 4.25. The average molecular weight is 194 g/mol. The van der Waals surface area contributed by atoms with E-state index in [4.69, 9.17) is 9.47 Å². The predicted molar refractivity (Wildman–Crippen MR) is 48.3 cm³/mol. The van der Waals surface area contributed by atoms with Crippen LogP contribution in [0.25, 0.3) is 0 Å². The van der Waals surface area contributed by atoms with Gasteiger partial charge in [-0.1, -0.05) is 6.07 Å². The number of rotatable bonds is 2. The Morgan fingerprint density at radius 1 is 1.43 bits per heavy atom. The summed E-state index contributed by atoms with van der Waals surface area (Å²) in [5.74, 6) is 1.15. The third kappa shape index (κ3) is 1.64. The van der Waals surface area contributed by atoms with E-state index in [1.165, 1.54) is 7.11 Å². The zero-order valence-corrected chi connectivity index (χ0v) is 7.78. The van der Waals surface area contributed by atoms with E-state index in [2.05, 4.69) is 4.74 Å². The molecule has 0 aromatic heterocycles. The Bertz CT molecular complexity index is 359. The average Bonchev–Trinajstić information content (AvgIpc) is 2.64. The van der Waals surface area contributed by atoms with Crippen LogP contribution in [0.15, 0.2) is 18.2 Å². The molecule has 4 nitrogen and oxygen atoms in total. The Morgan fingerprint density at radius 2 is 2.21 bits per heavy atom. The summed E-state index contributed by atoms with van der Waals surface area (Å²) >= 11 is 0. The highest BCUT2D eigenvalue weighted by Crippen LogP contribution is 2.32. The molecular weight excluding hydrogens is 184 g/mol. The first kappa shape index (κ1) is 8.87. The lowest BCUT2D eigenvalue weighted by atomic mass is 10.1. The summed E-state index contributed by atoms with van der Waals surface area (Å²) in [6, 6.07) is 5.41. The standard InChI is InChI=1S/C10H10O4/c1-12-10(11)5-7-2-3-8-9(4-7)14-6-13-8/h2-4H,5-6H2,1H3. The molecule has 1 aromatic rings. The number of carbonyl (C=O) groups excluding carboxylic acids is 1. The smallest absolute Gasteiger partial charge is 0.309 e. The van der Waals surface area contributed by atoms with E-state index >= 15 is 0 Å². The van der Waals surface area contributed by atoms with Crippen molar-refractivity contribution in [3.8, 4) is 11.5 Å². The molecule has 1 aliphatic rings. The summed E-state index contributed by atoms with van der Waals surface area (Å²) in [5, 5.41) is 0. The van der Waals surface area contributed by atoms with Crippen LogP contribution in [-0.4, -0.2) is 19.9 Å². The molecule has 1 aromatic carbocycles. The number of hydrogen-bond acceptors (Lipinski definition) is 4. The van der Waals surface area contributed by atoms with E-state index in [1.807, 2.05) is 6.07 Å². The van der Waals surface area contributed by atoms with E-state index in [0.29, 0.717) is 5.75 Å². The van der Waals surface area contributed by atoms with Crippen molar-refractivity contribution in [2.45, 2.75) is 6.42 Å². The van der Waals surface area contributed by atoms with E-state index in [1.54, 1.807) is 12.1 Å². The van der Waals surface area contributed by atoms with Crippen LogP contribution in [0.2, 0.25) is 0 Å². The zero-order valence-electron chi connectivity index (χ0n) is 7.78. The van der Waals surface area contributed by atoms with Crippen molar-refractivity contribution in [2.24, 2.45) is 0 Å². The van der Waals surface area contributed by atoms with Gasteiger partial charge in [0.1, 0.15) is 0 Å². The van der Waals surface area contributed by atoms with Crippen LogP contribution in [0.1, 0.15) is 5.56 Å². The second-order valence-corrected chi connectivity index (χ2v) is 2.94. The second-order valence-electron chi connectivity index (χ2n) is 2.94. The topological polar surface area (TPSA) is 44.8 Å². The molecule has 0 unspecified atom stereocenters. The molecule has 0 saturated heterocycles. The molecule has 74 valence electrons. The summed E-state index contributed by atoms with van der Waals surface area (Å²) in [6.07, 6.45) is 0.257. The Hall–Kier alpha value is -1.71. The predicted octanol–water partition coefficient (Wildman–Crippen LogP) is 1.13. The van der Waals surface area contributed by atoms with Gasteiger partial charge in [0.25, 0.3) is 0 Å². The van der Waals surface area contributed by atoms with Gasteiger partial charge in [-0.3, -0.25) is 4.79 Å². The van der Waals surface area contributed by atoms with Gasteiger partial charge in [-0.25, -0.2) is 0 Å². The van der Waals surface area contributed by atoms with Crippen LogP contribution in [0.4, 0.5) is 0 Å². The normalized spacial score (nSPS) is 12.6. The summed E-state index contributed by atoms with van der Waals surface area (Å²) in [4.78, 5) is 11.0. The van der Waals surface area contributed by atoms with Crippen molar-refractivity contribution in [1.82, 2.24) is 0 Å². The molecule has 0 spiro atoms. The minimum Gasteiger partial charge on any atom is -0.469 e. The van der Waals surface area contributed by atoms with Gasteiger partial charge >= 0.3 is 5.97 Å². The summed E-state index contributed by atoms with van der Waals surface area (Å²) in [7, 11) is 1.37. The maximum absolute atomic E-state index is 11.0. The molecule has 1 aliphatic heterocycles. The lowest BCUT2D eigenvalue weighted by Gasteiger charge is -2.01. The number of hydrogen-bond donors (Lipinski definition) is 0. The summed E-state index contributed by atoms with van der Waals surface area (Å²) in [6.45, 7) is 0.247.